The highest BCUT2D eigenvalue weighted by atomic mass is 35.5. The van der Waals surface area contributed by atoms with E-state index in [0.717, 1.165) is 0 Å². The minimum atomic E-state index is -0.560. The molecule has 0 aliphatic heterocycles. The van der Waals surface area contributed by atoms with Crippen LogP contribution in [0.1, 0.15) is 39.5 Å². The molecule has 2 rings (SSSR count). The Morgan fingerprint density at radius 1 is 1.26 bits per heavy atom. The quantitative estimate of drug-likeness (QED) is 0.562. The van der Waals surface area contributed by atoms with E-state index in [2.05, 4.69) is 15.5 Å². The van der Waals surface area contributed by atoms with Crippen molar-refractivity contribution in [3.05, 3.63) is 35.2 Å². The Morgan fingerprint density at radius 2 is 2.00 bits per heavy atom. The Balaban J connectivity index is 1.69. The van der Waals surface area contributed by atoms with Gasteiger partial charge in [-0.05, 0) is 39.3 Å². The average molecular weight is 396 g/mol. The summed E-state index contributed by atoms with van der Waals surface area (Å²) in [7, 11) is 0. The van der Waals surface area contributed by atoms with E-state index in [1.807, 2.05) is 6.07 Å². The van der Waals surface area contributed by atoms with E-state index in [9.17, 15) is 9.59 Å². The van der Waals surface area contributed by atoms with Crippen LogP contribution >= 0.6 is 11.6 Å². The number of esters is 1. The molecule has 9 heteroatoms. The molecular weight excluding hydrogens is 374 g/mol. The number of ether oxygens (including phenoxy) is 2. The molecule has 1 N–H and O–H groups in total. The van der Waals surface area contributed by atoms with Gasteiger partial charge >= 0.3 is 12.1 Å². The number of aromatic nitrogens is 2. The lowest BCUT2D eigenvalue weighted by molar-refractivity contribution is -0.145. The molecule has 1 aromatic carbocycles. The van der Waals surface area contributed by atoms with Crippen molar-refractivity contribution in [3.8, 4) is 11.4 Å². The molecule has 1 amide bonds. The zero-order valence-corrected chi connectivity index (χ0v) is 16.2. The number of rotatable bonds is 7. The Labute approximate surface area is 162 Å². The van der Waals surface area contributed by atoms with Crippen molar-refractivity contribution in [1.82, 2.24) is 15.5 Å². The number of hydrogen-bond donors (Lipinski definition) is 1. The van der Waals surface area contributed by atoms with Gasteiger partial charge in [0.25, 0.3) is 5.89 Å². The minimum absolute atomic E-state index is 0.129. The maximum atomic E-state index is 11.7. The summed E-state index contributed by atoms with van der Waals surface area (Å²) >= 11 is 6.08. The third-order valence-electron chi connectivity index (χ3n) is 3.17. The third-order valence-corrected chi connectivity index (χ3v) is 3.49. The second-order valence-corrected chi connectivity index (χ2v) is 7.09. The fraction of sp³-hybridized carbons (Fsp3) is 0.444. The molecule has 1 heterocycles. The molecule has 2 aromatic rings. The topological polar surface area (TPSA) is 104 Å². The number of nitrogens with zero attached hydrogens (tertiary/aromatic N) is 2. The minimum Gasteiger partial charge on any atom is -0.456 e. The fourth-order valence-corrected chi connectivity index (χ4v) is 2.24. The zero-order chi connectivity index (χ0) is 19.9. The molecule has 0 unspecified atom stereocenters. The van der Waals surface area contributed by atoms with Gasteiger partial charge < -0.3 is 19.3 Å². The Hall–Kier alpha value is -2.61. The molecule has 0 aliphatic carbocycles. The van der Waals surface area contributed by atoms with Gasteiger partial charge in [0.05, 0.1) is 5.02 Å². The van der Waals surface area contributed by atoms with Crippen molar-refractivity contribution >= 4 is 23.7 Å². The van der Waals surface area contributed by atoms with Gasteiger partial charge in [0.2, 0.25) is 5.82 Å². The van der Waals surface area contributed by atoms with Crippen LogP contribution in [0.15, 0.2) is 28.8 Å². The van der Waals surface area contributed by atoms with Crippen molar-refractivity contribution in [2.24, 2.45) is 0 Å². The Morgan fingerprint density at radius 3 is 2.70 bits per heavy atom. The van der Waals surface area contributed by atoms with Gasteiger partial charge in [-0.1, -0.05) is 28.9 Å². The van der Waals surface area contributed by atoms with Crippen molar-refractivity contribution in [2.45, 2.75) is 45.8 Å². The molecule has 0 radical (unpaired) electrons. The van der Waals surface area contributed by atoms with Crippen LogP contribution < -0.4 is 5.32 Å². The summed E-state index contributed by atoms with van der Waals surface area (Å²) in [6, 6.07) is 7.09. The van der Waals surface area contributed by atoms with E-state index in [4.69, 9.17) is 25.6 Å². The summed E-state index contributed by atoms with van der Waals surface area (Å²) in [5.74, 6) is 0.0665. The van der Waals surface area contributed by atoms with Gasteiger partial charge in [-0.25, -0.2) is 4.79 Å². The van der Waals surface area contributed by atoms with Crippen LogP contribution in [0, 0.1) is 0 Å². The van der Waals surface area contributed by atoms with Gasteiger partial charge in [-0.3, -0.25) is 4.79 Å². The molecule has 146 valence electrons. The lowest BCUT2D eigenvalue weighted by Crippen LogP contribution is -2.33. The second kappa shape index (κ2) is 9.36. The van der Waals surface area contributed by atoms with Gasteiger partial charge in [-0.2, -0.15) is 4.98 Å². The first-order valence-corrected chi connectivity index (χ1v) is 8.82. The largest absolute Gasteiger partial charge is 0.456 e. The van der Waals surface area contributed by atoms with Crippen molar-refractivity contribution in [2.75, 3.05) is 6.54 Å². The summed E-state index contributed by atoms with van der Waals surface area (Å²) < 4.78 is 15.2. The summed E-state index contributed by atoms with van der Waals surface area (Å²) in [5.41, 5.74) is 0.0735. The number of nitrogens with one attached hydrogen (secondary N) is 1. The molecule has 0 fully saturated rings. The average Bonchev–Trinajstić information content (AvgIpc) is 3.04. The normalized spacial score (nSPS) is 11.1. The van der Waals surface area contributed by atoms with E-state index in [1.54, 1.807) is 39.0 Å². The molecule has 0 atom stereocenters. The monoisotopic (exact) mass is 395 g/mol. The van der Waals surface area contributed by atoms with Gasteiger partial charge in [0.1, 0.15) is 5.60 Å². The summed E-state index contributed by atoms with van der Waals surface area (Å²) in [5, 5.41) is 6.90. The van der Waals surface area contributed by atoms with Crippen LogP contribution in [-0.2, 0) is 20.9 Å². The van der Waals surface area contributed by atoms with Crippen LogP contribution in [0.5, 0.6) is 0 Å². The molecule has 1 aromatic heterocycles. The molecule has 0 saturated carbocycles. The molecular formula is C18H22ClN3O5. The SMILES string of the molecule is CC(C)(C)OC(=O)NCCCC(=O)OCc1nc(-c2ccccc2Cl)no1. The van der Waals surface area contributed by atoms with Gasteiger partial charge in [-0.15, -0.1) is 0 Å². The van der Waals surface area contributed by atoms with Crippen LogP contribution in [-0.4, -0.2) is 34.3 Å². The van der Waals surface area contributed by atoms with Crippen molar-refractivity contribution < 1.29 is 23.6 Å². The van der Waals surface area contributed by atoms with Gasteiger partial charge in [0.15, 0.2) is 6.61 Å². The van der Waals surface area contributed by atoms with Crippen LogP contribution in [0.3, 0.4) is 0 Å². The van der Waals surface area contributed by atoms with Crippen molar-refractivity contribution in [3.63, 3.8) is 0 Å². The lowest BCUT2D eigenvalue weighted by Gasteiger charge is -2.19. The standard InChI is InChI=1S/C18H22ClN3O5/c1-18(2,3)26-17(24)20-10-6-9-15(23)25-11-14-21-16(22-27-14)12-7-4-5-8-13(12)19/h4-5,7-8H,6,9-11H2,1-3H3,(H,20,24). The predicted molar refractivity (Wildman–Crippen MR) is 98.0 cm³/mol. The molecule has 27 heavy (non-hydrogen) atoms. The van der Waals surface area contributed by atoms with E-state index < -0.39 is 17.7 Å². The smallest absolute Gasteiger partial charge is 0.407 e. The van der Waals surface area contributed by atoms with Crippen LogP contribution in [0.4, 0.5) is 4.79 Å². The summed E-state index contributed by atoms with van der Waals surface area (Å²) in [6.07, 6.45) is 0.0440. The zero-order valence-electron chi connectivity index (χ0n) is 15.5. The highest BCUT2D eigenvalue weighted by Gasteiger charge is 2.16. The molecule has 0 aliphatic rings. The number of alkyl carbamates (subject to hydrolysis) is 1. The first kappa shape index (κ1) is 20.7. The fourth-order valence-electron chi connectivity index (χ4n) is 2.02. The van der Waals surface area contributed by atoms with Crippen molar-refractivity contribution in [1.29, 1.82) is 0 Å². The molecule has 0 spiro atoms. The Bertz CT molecular complexity index is 785. The van der Waals surface area contributed by atoms with E-state index >= 15 is 0 Å². The van der Waals surface area contributed by atoms with Crippen LogP contribution in [0.25, 0.3) is 11.4 Å². The number of carbonyl (C=O) groups excluding carboxylic acids is 2. The number of benzene rings is 1. The molecule has 0 bridgehead atoms. The Kier molecular flexibility index (Phi) is 7.18. The maximum Gasteiger partial charge on any atom is 0.407 e. The summed E-state index contributed by atoms with van der Waals surface area (Å²) in [4.78, 5) is 27.4. The number of hydrogen-bond acceptors (Lipinski definition) is 7. The van der Waals surface area contributed by atoms with E-state index in [-0.39, 0.29) is 18.9 Å². The second-order valence-electron chi connectivity index (χ2n) is 6.68. The number of halogens is 1. The number of amides is 1. The highest BCUT2D eigenvalue weighted by molar-refractivity contribution is 6.33. The highest BCUT2D eigenvalue weighted by Crippen LogP contribution is 2.24. The van der Waals surface area contributed by atoms with Crippen LogP contribution in [0.2, 0.25) is 5.02 Å². The lowest BCUT2D eigenvalue weighted by atomic mass is 10.2. The number of carbonyl (C=O) groups is 2. The first-order valence-electron chi connectivity index (χ1n) is 8.44. The molecule has 8 nitrogen and oxygen atoms in total. The first-order chi connectivity index (χ1) is 12.7. The van der Waals surface area contributed by atoms with Gasteiger partial charge in [0, 0.05) is 18.5 Å². The van der Waals surface area contributed by atoms with E-state index in [1.165, 1.54) is 0 Å². The predicted octanol–water partition coefficient (Wildman–Crippen LogP) is 3.74. The van der Waals surface area contributed by atoms with E-state index in [0.29, 0.717) is 29.4 Å². The summed E-state index contributed by atoms with van der Waals surface area (Å²) in [6.45, 7) is 5.51. The molecule has 0 saturated heterocycles. The third kappa shape index (κ3) is 7.26. The maximum absolute atomic E-state index is 11.7.